The van der Waals surface area contributed by atoms with Crippen LogP contribution in [0.15, 0.2) is 47.4 Å². The number of aryl methyl sites for hydroxylation is 1. The van der Waals surface area contributed by atoms with Crippen LogP contribution in [0.3, 0.4) is 0 Å². The highest BCUT2D eigenvalue weighted by molar-refractivity contribution is 7.89. The maximum Gasteiger partial charge on any atom is 0.308 e. The number of fused-ring (bicyclic) bond motifs is 1. The van der Waals surface area contributed by atoms with Gasteiger partial charge in [0.1, 0.15) is 0 Å². The van der Waals surface area contributed by atoms with E-state index in [-0.39, 0.29) is 29.2 Å². The fourth-order valence-corrected chi connectivity index (χ4v) is 4.21. The minimum absolute atomic E-state index is 0.00416. The van der Waals surface area contributed by atoms with Gasteiger partial charge in [0.25, 0.3) is 11.8 Å². The second kappa shape index (κ2) is 10.4. The van der Waals surface area contributed by atoms with Gasteiger partial charge in [-0.15, -0.1) is 0 Å². The number of sulfonamides is 1. The number of anilines is 1. The van der Waals surface area contributed by atoms with E-state index in [1.54, 1.807) is 37.3 Å². The predicted octanol–water partition coefficient (Wildman–Crippen LogP) is 1.42. The maximum atomic E-state index is 12.4. The highest BCUT2D eigenvalue weighted by Gasteiger charge is 2.20. The van der Waals surface area contributed by atoms with Crippen molar-refractivity contribution in [3.8, 4) is 0 Å². The first-order valence-corrected chi connectivity index (χ1v) is 11.7. The molecular weight excluding hydrogens is 462 g/mol. The van der Waals surface area contributed by atoms with E-state index in [1.165, 1.54) is 20.2 Å². The lowest BCUT2D eigenvalue weighted by atomic mass is 10.2. The van der Waals surface area contributed by atoms with Crippen molar-refractivity contribution >= 4 is 44.4 Å². The van der Waals surface area contributed by atoms with E-state index in [1.807, 2.05) is 6.07 Å². The third-order valence-corrected chi connectivity index (χ3v) is 6.85. The van der Waals surface area contributed by atoms with Crippen molar-refractivity contribution in [2.75, 3.05) is 32.6 Å². The molecule has 0 fully saturated rings. The van der Waals surface area contributed by atoms with Crippen LogP contribution in [0.2, 0.25) is 0 Å². The first-order chi connectivity index (χ1) is 16.1. The number of carbonyl (C=O) groups excluding carboxylic acids is 3. The lowest BCUT2D eigenvalue weighted by molar-refractivity contribution is -0.147. The van der Waals surface area contributed by atoms with E-state index in [4.69, 9.17) is 4.74 Å². The number of para-hydroxylation sites is 1. The van der Waals surface area contributed by atoms with Crippen LogP contribution >= 0.6 is 0 Å². The van der Waals surface area contributed by atoms with Crippen LogP contribution in [0.4, 0.5) is 5.69 Å². The topological polar surface area (TPSA) is 151 Å². The summed E-state index contributed by atoms with van der Waals surface area (Å²) in [4.78, 5) is 36.4. The van der Waals surface area contributed by atoms with Crippen molar-refractivity contribution in [1.82, 2.24) is 19.8 Å². The number of esters is 1. The first kappa shape index (κ1) is 24.9. The molecule has 2 amide bonds. The normalized spacial score (nSPS) is 11.4. The molecule has 12 heteroatoms. The zero-order chi connectivity index (χ0) is 24.9. The number of H-pyrrole nitrogens is 1. The zero-order valence-corrected chi connectivity index (χ0v) is 19.7. The van der Waals surface area contributed by atoms with Gasteiger partial charge in [-0.3, -0.25) is 19.5 Å². The molecule has 180 valence electrons. The van der Waals surface area contributed by atoms with E-state index in [2.05, 4.69) is 20.8 Å². The Bertz CT molecular complexity index is 1330. The Kier molecular flexibility index (Phi) is 7.64. The minimum Gasteiger partial charge on any atom is -0.456 e. The van der Waals surface area contributed by atoms with Gasteiger partial charge in [0, 0.05) is 31.7 Å². The molecule has 0 spiro atoms. The number of hydrogen-bond donors (Lipinski definition) is 3. The quantitative estimate of drug-likeness (QED) is 0.386. The summed E-state index contributed by atoms with van der Waals surface area (Å²) >= 11 is 0. The van der Waals surface area contributed by atoms with Crippen LogP contribution in [-0.2, 0) is 24.3 Å². The summed E-state index contributed by atoms with van der Waals surface area (Å²) < 4.78 is 30.8. The molecule has 0 aliphatic rings. The molecule has 0 bridgehead atoms. The Morgan fingerprint density at radius 1 is 1.12 bits per heavy atom. The summed E-state index contributed by atoms with van der Waals surface area (Å²) in [5, 5.41) is 12.5. The van der Waals surface area contributed by atoms with Crippen molar-refractivity contribution < 1.29 is 27.5 Å². The minimum atomic E-state index is -3.68. The average Bonchev–Trinajstić information content (AvgIpc) is 3.23. The molecule has 3 rings (SSSR count). The number of ether oxygens (including phenoxy) is 1. The number of amides is 2. The van der Waals surface area contributed by atoms with Gasteiger partial charge < -0.3 is 15.4 Å². The number of hydrogen-bond acceptors (Lipinski definition) is 7. The number of aromatic amines is 1. The van der Waals surface area contributed by atoms with E-state index < -0.39 is 34.4 Å². The molecule has 0 aliphatic carbocycles. The van der Waals surface area contributed by atoms with Crippen LogP contribution in [0.25, 0.3) is 10.9 Å². The van der Waals surface area contributed by atoms with Crippen LogP contribution in [0.5, 0.6) is 0 Å². The van der Waals surface area contributed by atoms with Gasteiger partial charge >= 0.3 is 5.97 Å². The number of carbonyl (C=O) groups is 3. The van der Waals surface area contributed by atoms with E-state index >= 15 is 0 Å². The zero-order valence-electron chi connectivity index (χ0n) is 18.9. The summed E-state index contributed by atoms with van der Waals surface area (Å²) in [6, 6.07) is 11.6. The number of benzene rings is 2. The summed E-state index contributed by atoms with van der Waals surface area (Å²) in [5.41, 5.74) is 1.73. The first-order valence-electron chi connectivity index (χ1n) is 10.3. The molecule has 34 heavy (non-hydrogen) atoms. The molecule has 1 aromatic heterocycles. The Morgan fingerprint density at radius 3 is 2.59 bits per heavy atom. The SMILES string of the molecule is Cc1ccc(NC(=O)COC(=O)CCNC(=O)c2n[nH]c3ccccc23)cc1S(=O)(=O)N(C)C. The third kappa shape index (κ3) is 5.77. The summed E-state index contributed by atoms with van der Waals surface area (Å²) in [7, 11) is -0.851. The monoisotopic (exact) mass is 487 g/mol. The Hall–Kier alpha value is -3.77. The van der Waals surface area contributed by atoms with E-state index in [0.29, 0.717) is 10.9 Å². The van der Waals surface area contributed by atoms with Crippen LogP contribution in [-0.4, -0.2) is 68.0 Å². The second-order valence-electron chi connectivity index (χ2n) is 7.60. The number of nitrogens with zero attached hydrogens (tertiary/aromatic N) is 2. The molecule has 1 heterocycles. The second-order valence-corrected chi connectivity index (χ2v) is 9.72. The van der Waals surface area contributed by atoms with Gasteiger partial charge in [-0.2, -0.15) is 5.10 Å². The summed E-state index contributed by atoms with van der Waals surface area (Å²) in [6.07, 6.45) is -0.142. The number of nitrogens with one attached hydrogen (secondary N) is 3. The lowest BCUT2D eigenvalue weighted by Crippen LogP contribution is -2.28. The molecule has 0 radical (unpaired) electrons. The molecular formula is C22H25N5O6S. The van der Waals surface area contributed by atoms with Gasteiger partial charge in [0.2, 0.25) is 10.0 Å². The highest BCUT2D eigenvalue weighted by atomic mass is 32.2. The van der Waals surface area contributed by atoms with Gasteiger partial charge in [0.15, 0.2) is 12.3 Å². The molecule has 0 unspecified atom stereocenters. The van der Waals surface area contributed by atoms with Gasteiger partial charge in [-0.1, -0.05) is 24.3 Å². The third-order valence-electron chi connectivity index (χ3n) is 4.89. The van der Waals surface area contributed by atoms with Crippen LogP contribution < -0.4 is 10.6 Å². The number of aromatic nitrogens is 2. The predicted molar refractivity (Wildman–Crippen MR) is 125 cm³/mol. The smallest absolute Gasteiger partial charge is 0.308 e. The standard InChI is InChI=1S/C22H25N5O6S/c1-14-8-9-15(12-18(14)34(31,32)27(2)3)24-19(28)13-33-20(29)10-11-23-22(30)21-16-6-4-5-7-17(16)25-26-21/h4-9,12H,10-11,13H2,1-3H3,(H,23,30)(H,24,28)(H,25,26). The van der Waals surface area contributed by atoms with E-state index in [9.17, 15) is 22.8 Å². The lowest BCUT2D eigenvalue weighted by Gasteiger charge is -2.15. The summed E-state index contributed by atoms with van der Waals surface area (Å²) in [6.45, 7) is 1.10. The van der Waals surface area contributed by atoms with Gasteiger partial charge in [0.05, 0.1) is 16.8 Å². The molecule has 0 saturated heterocycles. The maximum absolute atomic E-state index is 12.4. The summed E-state index contributed by atoms with van der Waals surface area (Å²) in [5.74, 6) is -1.75. The van der Waals surface area contributed by atoms with Crippen molar-refractivity contribution in [3.05, 3.63) is 53.7 Å². The molecule has 2 aromatic carbocycles. The molecule has 3 N–H and O–H groups in total. The van der Waals surface area contributed by atoms with Crippen molar-refractivity contribution in [2.45, 2.75) is 18.2 Å². The van der Waals surface area contributed by atoms with Crippen molar-refractivity contribution in [2.24, 2.45) is 0 Å². The molecule has 0 saturated carbocycles. The molecule has 3 aromatic rings. The van der Waals surface area contributed by atoms with Gasteiger partial charge in [-0.25, -0.2) is 12.7 Å². The van der Waals surface area contributed by atoms with Crippen molar-refractivity contribution in [1.29, 1.82) is 0 Å². The van der Waals surface area contributed by atoms with E-state index in [0.717, 1.165) is 9.82 Å². The van der Waals surface area contributed by atoms with Crippen LogP contribution in [0, 0.1) is 6.92 Å². The fraction of sp³-hybridized carbons (Fsp3) is 0.273. The Morgan fingerprint density at radius 2 is 1.85 bits per heavy atom. The highest BCUT2D eigenvalue weighted by Crippen LogP contribution is 2.22. The fourth-order valence-electron chi connectivity index (χ4n) is 3.07. The molecule has 11 nitrogen and oxygen atoms in total. The average molecular weight is 488 g/mol. The Labute approximate surface area is 196 Å². The molecule has 0 atom stereocenters. The number of rotatable bonds is 9. The van der Waals surface area contributed by atoms with Crippen LogP contribution in [0.1, 0.15) is 22.5 Å². The largest absolute Gasteiger partial charge is 0.456 e. The Balaban J connectivity index is 1.46. The molecule has 0 aliphatic heterocycles. The van der Waals surface area contributed by atoms with Crippen molar-refractivity contribution in [3.63, 3.8) is 0 Å². The van der Waals surface area contributed by atoms with Gasteiger partial charge in [-0.05, 0) is 30.7 Å².